The van der Waals surface area contributed by atoms with Crippen LogP contribution in [0, 0.1) is 11.7 Å². The van der Waals surface area contributed by atoms with Crippen molar-refractivity contribution in [2.45, 2.75) is 19.4 Å². The number of rotatable bonds is 6. The molecule has 3 heterocycles. The molecule has 2 aliphatic heterocycles. The molecule has 0 N–H and O–H groups in total. The first-order valence-corrected chi connectivity index (χ1v) is 12.1. The number of halogens is 1. The Labute approximate surface area is 204 Å². The van der Waals surface area contributed by atoms with E-state index in [1.54, 1.807) is 19.2 Å². The molecule has 2 saturated heterocycles. The van der Waals surface area contributed by atoms with Gasteiger partial charge < -0.3 is 19.1 Å². The Kier molecular flexibility index (Phi) is 6.94. The van der Waals surface area contributed by atoms with E-state index in [0.29, 0.717) is 18.3 Å². The minimum Gasteiger partial charge on any atom is -0.495 e. The van der Waals surface area contributed by atoms with Crippen molar-refractivity contribution >= 4 is 11.6 Å². The Morgan fingerprint density at radius 1 is 1.03 bits per heavy atom. The number of para-hydroxylation sites is 2. The summed E-state index contributed by atoms with van der Waals surface area (Å²) in [6.07, 6.45) is 1.65. The van der Waals surface area contributed by atoms with Crippen LogP contribution in [0.2, 0.25) is 0 Å². The lowest BCUT2D eigenvalue weighted by Gasteiger charge is -2.39. The molecule has 0 bridgehead atoms. The van der Waals surface area contributed by atoms with E-state index < -0.39 is 0 Å². The fourth-order valence-corrected chi connectivity index (χ4v) is 4.88. The summed E-state index contributed by atoms with van der Waals surface area (Å²) in [6.45, 7) is 5.23. The number of nitrogens with zero attached hydrogens (tertiary/aromatic N) is 5. The van der Waals surface area contributed by atoms with Crippen molar-refractivity contribution in [1.82, 2.24) is 19.9 Å². The first-order valence-electron chi connectivity index (χ1n) is 12.1. The Morgan fingerprint density at radius 2 is 1.74 bits per heavy atom. The van der Waals surface area contributed by atoms with E-state index in [1.165, 1.54) is 12.1 Å². The van der Waals surface area contributed by atoms with Crippen molar-refractivity contribution < 1.29 is 18.4 Å². The van der Waals surface area contributed by atoms with E-state index in [2.05, 4.69) is 26.0 Å². The number of anilines is 1. The Morgan fingerprint density at radius 3 is 2.46 bits per heavy atom. The van der Waals surface area contributed by atoms with Crippen LogP contribution in [0.25, 0.3) is 11.4 Å². The number of methoxy groups -OCH3 is 1. The van der Waals surface area contributed by atoms with Crippen LogP contribution < -0.4 is 9.64 Å². The number of hydrogen-bond donors (Lipinski definition) is 0. The Balaban J connectivity index is 1.09. The number of amides is 1. The summed E-state index contributed by atoms with van der Waals surface area (Å²) >= 11 is 0. The molecule has 0 saturated carbocycles. The summed E-state index contributed by atoms with van der Waals surface area (Å²) in [4.78, 5) is 24.2. The van der Waals surface area contributed by atoms with Crippen LogP contribution >= 0.6 is 0 Å². The number of ether oxygens (including phenoxy) is 1. The highest BCUT2D eigenvalue weighted by molar-refractivity contribution is 5.79. The van der Waals surface area contributed by atoms with Crippen LogP contribution in [0.3, 0.4) is 0 Å². The van der Waals surface area contributed by atoms with Crippen LogP contribution in [0.4, 0.5) is 10.1 Å². The summed E-state index contributed by atoms with van der Waals surface area (Å²) in [7, 11) is 1.69. The fourth-order valence-electron chi connectivity index (χ4n) is 4.88. The fraction of sp³-hybridized carbons (Fsp3) is 0.423. The van der Waals surface area contributed by atoms with Gasteiger partial charge >= 0.3 is 0 Å². The number of benzene rings is 2. The number of carbonyl (C=O) groups is 1. The van der Waals surface area contributed by atoms with Gasteiger partial charge in [0.25, 0.3) is 0 Å². The third-order valence-electron chi connectivity index (χ3n) is 6.88. The predicted molar refractivity (Wildman–Crippen MR) is 129 cm³/mol. The van der Waals surface area contributed by atoms with Crippen molar-refractivity contribution in [2.24, 2.45) is 5.92 Å². The smallest absolute Gasteiger partial charge is 0.241 e. The third kappa shape index (κ3) is 5.30. The topological polar surface area (TPSA) is 74.9 Å². The molecule has 8 nitrogen and oxygen atoms in total. The number of likely N-dealkylation sites (tertiary alicyclic amines) is 1. The number of aromatic nitrogens is 2. The molecular weight excluding hydrogens is 449 g/mol. The highest BCUT2D eigenvalue weighted by atomic mass is 19.1. The van der Waals surface area contributed by atoms with Gasteiger partial charge in [-0.2, -0.15) is 4.98 Å². The second-order valence-electron chi connectivity index (χ2n) is 9.05. The molecule has 0 aliphatic carbocycles. The van der Waals surface area contributed by atoms with Gasteiger partial charge in [-0.3, -0.25) is 9.69 Å². The molecule has 2 aliphatic rings. The second-order valence-corrected chi connectivity index (χ2v) is 9.05. The lowest BCUT2D eigenvalue weighted by molar-refractivity contribution is -0.137. The molecule has 0 unspecified atom stereocenters. The minimum absolute atomic E-state index is 0.0570. The van der Waals surface area contributed by atoms with E-state index in [4.69, 9.17) is 9.26 Å². The maximum Gasteiger partial charge on any atom is 0.241 e. The Bertz CT molecular complexity index is 1140. The van der Waals surface area contributed by atoms with Gasteiger partial charge in [0, 0.05) is 37.7 Å². The van der Waals surface area contributed by atoms with E-state index in [1.807, 2.05) is 23.1 Å². The summed E-state index contributed by atoms with van der Waals surface area (Å²) in [5.74, 6) is 1.88. The van der Waals surface area contributed by atoms with Crippen molar-refractivity contribution in [2.75, 3.05) is 51.3 Å². The number of piperazine rings is 1. The molecule has 0 atom stereocenters. The normalized spacial score (nSPS) is 17.5. The summed E-state index contributed by atoms with van der Waals surface area (Å²) in [5.41, 5.74) is 1.80. The molecule has 1 aromatic heterocycles. The molecule has 0 spiro atoms. The van der Waals surface area contributed by atoms with Crippen LogP contribution in [-0.2, 0) is 11.3 Å². The van der Waals surface area contributed by atoms with Crippen LogP contribution in [0.5, 0.6) is 5.75 Å². The lowest BCUT2D eigenvalue weighted by Crippen LogP contribution is -2.51. The first-order chi connectivity index (χ1) is 17.1. The molecule has 5 rings (SSSR count). The summed E-state index contributed by atoms with van der Waals surface area (Å²) in [6, 6.07) is 14.1. The predicted octanol–water partition coefficient (Wildman–Crippen LogP) is 3.45. The Hall–Kier alpha value is -3.46. The van der Waals surface area contributed by atoms with Crippen LogP contribution in [0.1, 0.15) is 18.7 Å². The summed E-state index contributed by atoms with van der Waals surface area (Å²) in [5, 5.41) is 4.02. The number of piperidine rings is 1. The number of hydrogen-bond acceptors (Lipinski definition) is 7. The highest BCUT2D eigenvalue weighted by Gasteiger charge is 2.31. The number of carbonyl (C=O) groups excluding carboxylic acids is 1. The SMILES string of the molecule is COc1ccccc1N1CCN(C(=O)C2CCN(Cc3nc(-c4ccc(F)cc4)no3)CC2)CC1. The molecule has 2 aromatic carbocycles. The zero-order valence-corrected chi connectivity index (χ0v) is 19.9. The van der Waals surface area contributed by atoms with Crippen LogP contribution in [-0.4, -0.2) is 72.2 Å². The average molecular weight is 480 g/mol. The quantitative estimate of drug-likeness (QED) is 0.536. The monoisotopic (exact) mass is 479 g/mol. The van der Waals surface area contributed by atoms with Crippen LogP contribution in [0.15, 0.2) is 53.1 Å². The van der Waals surface area contributed by atoms with Gasteiger partial charge in [-0.15, -0.1) is 0 Å². The molecule has 9 heteroatoms. The van der Waals surface area contributed by atoms with Gasteiger partial charge in [-0.1, -0.05) is 17.3 Å². The molecule has 0 radical (unpaired) electrons. The van der Waals surface area contributed by atoms with E-state index in [9.17, 15) is 9.18 Å². The molecule has 2 fully saturated rings. The van der Waals surface area contributed by atoms with Gasteiger partial charge in [0.15, 0.2) is 0 Å². The zero-order chi connectivity index (χ0) is 24.2. The van der Waals surface area contributed by atoms with Gasteiger partial charge in [0.2, 0.25) is 17.6 Å². The average Bonchev–Trinajstić information content (AvgIpc) is 3.37. The minimum atomic E-state index is -0.298. The highest BCUT2D eigenvalue weighted by Crippen LogP contribution is 2.29. The maximum absolute atomic E-state index is 13.2. The second kappa shape index (κ2) is 10.4. The largest absolute Gasteiger partial charge is 0.495 e. The first kappa shape index (κ1) is 23.3. The van der Waals surface area contributed by atoms with Gasteiger partial charge in [-0.25, -0.2) is 4.39 Å². The lowest BCUT2D eigenvalue weighted by atomic mass is 9.95. The molecule has 3 aromatic rings. The standard InChI is InChI=1S/C26H30FN5O3/c1-34-23-5-3-2-4-22(23)31-14-16-32(17-15-31)26(33)20-10-12-30(13-11-20)18-24-28-25(29-35-24)19-6-8-21(27)9-7-19/h2-9,20H,10-18H2,1H3. The third-order valence-corrected chi connectivity index (χ3v) is 6.88. The van der Waals surface area contributed by atoms with Gasteiger partial charge in [0.05, 0.1) is 19.3 Å². The van der Waals surface area contributed by atoms with Gasteiger partial charge in [0.1, 0.15) is 11.6 Å². The molecular formula is C26H30FN5O3. The van der Waals surface area contributed by atoms with Crippen molar-refractivity contribution in [1.29, 1.82) is 0 Å². The van der Waals surface area contributed by atoms with E-state index in [0.717, 1.165) is 69.1 Å². The van der Waals surface area contributed by atoms with Crippen molar-refractivity contribution in [3.8, 4) is 17.1 Å². The maximum atomic E-state index is 13.2. The molecule has 1 amide bonds. The van der Waals surface area contributed by atoms with E-state index in [-0.39, 0.29) is 17.6 Å². The van der Waals surface area contributed by atoms with Crippen molar-refractivity contribution in [3.63, 3.8) is 0 Å². The zero-order valence-electron chi connectivity index (χ0n) is 19.9. The molecule has 184 valence electrons. The van der Waals surface area contributed by atoms with Gasteiger partial charge in [-0.05, 0) is 62.3 Å². The summed E-state index contributed by atoms with van der Waals surface area (Å²) < 4.78 is 24.0. The van der Waals surface area contributed by atoms with E-state index >= 15 is 0 Å². The van der Waals surface area contributed by atoms with Crippen molar-refractivity contribution in [3.05, 3.63) is 60.2 Å². The molecule has 35 heavy (non-hydrogen) atoms.